The average Bonchev–Trinajstić information content (AvgIpc) is 3.05. The fourth-order valence-corrected chi connectivity index (χ4v) is 2.73. The fourth-order valence-electron chi connectivity index (χ4n) is 2.73. The molecule has 0 aromatic heterocycles. The van der Waals surface area contributed by atoms with E-state index in [1.54, 1.807) is 0 Å². The van der Waals surface area contributed by atoms with E-state index in [0.717, 1.165) is 25.7 Å². The summed E-state index contributed by atoms with van der Waals surface area (Å²) in [6, 6.07) is 0.813. The summed E-state index contributed by atoms with van der Waals surface area (Å²) < 4.78 is 5.70. The van der Waals surface area contributed by atoms with Gasteiger partial charge in [-0.1, -0.05) is 6.92 Å². The first-order valence-corrected chi connectivity index (χ1v) is 7.69. The lowest BCUT2D eigenvalue weighted by molar-refractivity contribution is -0.242. The van der Waals surface area contributed by atoms with Crippen LogP contribution in [0.25, 0.3) is 0 Å². The maximum absolute atomic E-state index is 10.3. The van der Waals surface area contributed by atoms with E-state index in [4.69, 9.17) is 4.74 Å². The van der Waals surface area contributed by atoms with Crippen LogP contribution in [-0.4, -0.2) is 59.1 Å². The third-order valence-electron chi connectivity index (χ3n) is 3.96. The fraction of sp³-hybridized carbons (Fsp3) is 1.00. The Morgan fingerprint density at radius 2 is 1.79 bits per heavy atom. The first-order chi connectivity index (χ1) is 8.85. The minimum Gasteiger partial charge on any atom is -0.356 e. The van der Waals surface area contributed by atoms with Crippen LogP contribution in [0.5, 0.6) is 0 Å². The van der Waals surface area contributed by atoms with Crippen LogP contribution in [0.15, 0.2) is 0 Å². The van der Waals surface area contributed by atoms with E-state index in [9.17, 15) is 5.11 Å². The van der Waals surface area contributed by atoms with Crippen LogP contribution in [0.1, 0.15) is 47.0 Å². The normalized spacial score (nSPS) is 29.8. The van der Waals surface area contributed by atoms with Gasteiger partial charge in [-0.3, -0.25) is 9.80 Å². The van der Waals surface area contributed by atoms with Crippen LogP contribution in [0.2, 0.25) is 0 Å². The molecule has 0 aromatic rings. The Balaban J connectivity index is 1.90. The first-order valence-electron chi connectivity index (χ1n) is 7.69. The summed E-state index contributed by atoms with van der Waals surface area (Å²) in [4.78, 5) is 4.68. The molecule has 1 N–H and O–H groups in total. The first kappa shape index (κ1) is 15.2. The second kappa shape index (κ2) is 6.08. The molecule has 2 aliphatic rings. The molecule has 2 rings (SSSR count). The van der Waals surface area contributed by atoms with Crippen LogP contribution in [0.3, 0.4) is 0 Å². The highest BCUT2D eigenvalue weighted by Crippen LogP contribution is 2.28. The van der Waals surface area contributed by atoms with Gasteiger partial charge in [0.05, 0.1) is 5.60 Å². The predicted molar refractivity (Wildman–Crippen MR) is 76.8 cm³/mol. The van der Waals surface area contributed by atoms with Crippen molar-refractivity contribution in [2.24, 2.45) is 5.92 Å². The van der Waals surface area contributed by atoms with Crippen LogP contribution in [0.4, 0.5) is 0 Å². The SMILES string of the molecule is CC1CCN(C2CC2)CCN(C(O)OC(C)(C)C)C1. The topological polar surface area (TPSA) is 35.9 Å². The summed E-state index contributed by atoms with van der Waals surface area (Å²) in [6.45, 7) is 12.3. The van der Waals surface area contributed by atoms with E-state index < -0.39 is 6.41 Å². The quantitative estimate of drug-likeness (QED) is 0.794. The van der Waals surface area contributed by atoms with Gasteiger partial charge < -0.3 is 9.84 Å². The van der Waals surface area contributed by atoms with Crippen LogP contribution < -0.4 is 0 Å². The van der Waals surface area contributed by atoms with E-state index in [1.165, 1.54) is 25.8 Å². The standard InChI is InChI=1S/C15H30N2O2/c1-12-7-8-16(13-5-6-13)9-10-17(11-12)14(18)19-15(2,3)4/h12-14,18H,5-11H2,1-4H3. The molecule has 1 saturated carbocycles. The van der Waals surface area contributed by atoms with Gasteiger partial charge in [-0.2, -0.15) is 0 Å². The smallest absolute Gasteiger partial charge is 0.216 e. The van der Waals surface area contributed by atoms with Crippen LogP contribution in [0, 0.1) is 5.92 Å². The van der Waals surface area contributed by atoms with Crippen molar-refractivity contribution in [2.75, 3.05) is 26.2 Å². The Morgan fingerprint density at radius 1 is 1.11 bits per heavy atom. The maximum Gasteiger partial charge on any atom is 0.216 e. The van der Waals surface area contributed by atoms with Gasteiger partial charge in [-0.05, 0) is 52.5 Å². The van der Waals surface area contributed by atoms with Crippen molar-refractivity contribution in [3.63, 3.8) is 0 Å². The summed E-state index contributed by atoms with van der Waals surface area (Å²) in [6.07, 6.45) is 3.15. The molecule has 4 nitrogen and oxygen atoms in total. The summed E-state index contributed by atoms with van der Waals surface area (Å²) in [5.74, 6) is 0.611. The second-order valence-corrected chi connectivity index (χ2v) is 7.21. The lowest BCUT2D eigenvalue weighted by atomic mass is 10.1. The van der Waals surface area contributed by atoms with E-state index in [-0.39, 0.29) is 5.60 Å². The van der Waals surface area contributed by atoms with Crippen molar-refractivity contribution in [3.05, 3.63) is 0 Å². The molecule has 112 valence electrons. The minimum absolute atomic E-state index is 0.304. The molecule has 2 atom stereocenters. The zero-order valence-electron chi connectivity index (χ0n) is 12.9. The van der Waals surface area contributed by atoms with E-state index >= 15 is 0 Å². The molecule has 0 bridgehead atoms. The van der Waals surface area contributed by atoms with Gasteiger partial charge in [0, 0.05) is 25.7 Å². The van der Waals surface area contributed by atoms with Gasteiger partial charge in [-0.25, -0.2) is 0 Å². The number of aliphatic hydroxyl groups excluding tert-OH is 1. The van der Waals surface area contributed by atoms with Gasteiger partial charge in [0.1, 0.15) is 0 Å². The summed E-state index contributed by atoms with van der Waals surface area (Å²) in [5, 5.41) is 10.3. The van der Waals surface area contributed by atoms with Gasteiger partial charge in [0.2, 0.25) is 6.41 Å². The Morgan fingerprint density at radius 3 is 2.37 bits per heavy atom. The summed E-state index contributed by atoms with van der Waals surface area (Å²) in [5.41, 5.74) is -0.304. The number of hydrogen-bond donors (Lipinski definition) is 1. The van der Waals surface area contributed by atoms with Crippen molar-refractivity contribution >= 4 is 0 Å². The molecule has 2 fully saturated rings. The molecular weight excluding hydrogens is 240 g/mol. The Hall–Kier alpha value is -0.160. The minimum atomic E-state index is -0.776. The number of aliphatic hydroxyl groups is 1. The summed E-state index contributed by atoms with van der Waals surface area (Å²) >= 11 is 0. The van der Waals surface area contributed by atoms with Crippen molar-refractivity contribution < 1.29 is 9.84 Å². The van der Waals surface area contributed by atoms with Crippen LogP contribution >= 0.6 is 0 Å². The Labute approximate surface area is 117 Å². The number of hydrogen-bond acceptors (Lipinski definition) is 4. The predicted octanol–water partition coefficient (Wildman–Crippen LogP) is 1.88. The zero-order chi connectivity index (χ0) is 14.0. The number of rotatable bonds is 3. The molecule has 19 heavy (non-hydrogen) atoms. The third kappa shape index (κ3) is 5.03. The number of ether oxygens (including phenoxy) is 1. The Bertz CT molecular complexity index is 286. The van der Waals surface area contributed by atoms with Crippen molar-refractivity contribution in [3.8, 4) is 0 Å². The van der Waals surface area contributed by atoms with Crippen LogP contribution in [-0.2, 0) is 4.74 Å². The average molecular weight is 270 g/mol. The molecule has 1 aliphatic heterocycles. The van der Waals surface area contributed by atoms with Gasteiger partial charge in [0.25, 0.3) is 0 Å². The molecule has 1 heterocycles. The van der Waals surface area contributed by atoms with E-state index in [1.807, 2.05) is 20.8 Å². The molecule has 4 heteroatoms. The van der Waals surface area contributed by atoms with E-state index in [0.29, 0.717) is 5.92 Å². The second-order valence-electron chi connectivity index (χ2n) is 7.21. The van der Waals surface area contributed by atoms with Gasteiger partial charge >= 0.3 is 0 Å². The van der Waals surface area contributed by atoms with Crippen molar-refractivity contribution in [2.45, 2.75) is 65.0 Å². The molecule has 0 aromatic carbocycles. The van der Waals surface area contributed by atoms with E-state index in [2.05, 4.69) is 16.7 Å². The lowest BCUT2D eigenvalue weighted by Gasteiger charge is -2.37. The van der Waals surface area contributed by atoms with Crippen molar-refractivity contribution in [1.82, 2.24) is 9.80 Å². The maximum atomic E-state index is 10.3. The van der Waals surface area contributed by atoms with Gasteiger partial charge in [-0.15, -0.1) is 0 Å². The molecule has 2 unspecified atom stereocenters. The number of nitrogens with zero attached hydrogens (tertiary/aromatic N) is 2. The highest BCUT2D eigenvalue weighted by molar-refractivity contribution is 4.86. The molecule has 0 spiro atoms. The highest BCUT2D eigenvalue weighted by atomic mass is 16.6. The third-order valence-corrected chi connectivity index (χ3v) is 3.96. The molecule has 1 aliphatic carbocycles. The lowest BCUT2D eigenvalue weighted by Crippen LogP contribution is -2.49. The van der Waals surface area contributed by atoms with Gasteiger partial charge in [0.15, 0.2) is 0 Å². The Kier molecular flexibility index (Phi) is 4.88. The molecule has 0 radical (unpaired) electrons. The largest absolute Gasteiger partial charge is 0.356 e. The zero-order valence-corrected chi connectivity index (χ0v) is 12.9. The summed E-state index contributed by atoms with van der Waals surface area (Å²) in [7, 11) is 0. The monoisotopic (exact) mass is 270 g/mol. The molecule has 1 saturated heterocycles. The molecule has 0 amide bonds. The van der Waals surface area contributed by atoms with Crippen molar-refractivity contribution in [1.29, 1.82) is 0 Å². The highest BCUT2D eigenvalue weighted by Gasteiger charge is 2.32. The molecular formula is C15H30N2O2.